The van der Waals surface area contributed by atoms with Gasteiger partial charge in [0.1, 0.15) is 5.82 Å². The molecule has 0 bridgehead atoms. The Hall–Kier alpha value is -3.20. The van der Waals surface area contributed by atoms with Gasteiger partial charge in [0, 0.05) is 38.1 Å². The van der Waals surface area contributed by atoms with Gasteiger partial charge in [-0.05, 0) is 36.8 Å². The number of benzene rings is 2. The summed E-state index contributed by atoms with van der Waals surface area (Å²) in [4.78, 5) is 16.2. The Morgan fingerprint density at radius 2 is 2.00 bits per heavy atom. The normalized spacial score (nSPS) is 11.2. The first-order valence-electron chi connectivity index (χ1n) is 8.97. The van der Waals surface area contributed by atoms with Crippen molar-refractivity contribution in [2.75, 3.05) is 17.9 Å². The molecule has 7 nitrogen and oxygen atoms in total. The van der Waals surface area contributed by atoms with Crippen LogP contribution in [0.4, 0.5) is 10.1 Å². The highest BCUT2D eigenvalue weighted by Crippen LogP contribution is 2.24. The first-order valence-corrected chi connectivity index (χ1v) is 10.4. The van der Waals surface area contributed by atoms with Gasteiger partial charge in [-0.25, -0.2) is 17.8 Å². The second-order valence-electron chi connectivity index (χ2n) is 6.36. The van der Waals surface area contributed by atoms with Gasteiger partial charge in [-0.1, -0.05) is 18.2 Å². The van der Waals surface area contributed by atoms with E-state index < -0.39 is 15.8 Å². The van der Waals surface area contributed by atoms with E-state index in [1.54, 1.807) is 18.6 Å². The predicted octanol–water partition coefficient (Wildman–Crippen LogP) is 2.67. The predicted molar refractivity (Wildman–Crippen MR) is 108 cm³/mol. The van der Waals surface area contributed by atoms with E-state index in [2.05, 4.69) is 10.3 Å². The lowest BCUT2D eigenvalue weighted by atomic mass is 10.2. The van der Waals surface area contributed by atoms with Crippen LogP contribution < -0.4 is 9.62 Å². The highest BCUT2D eigenvalue weighted by atomic mass is 32.2. The van der Waals surface area contributed by atoms with Gasteiger partial charge in [0.15, 0.2) is 0 Å². The van der Waals surface area contributed by atoms with E-state index in [4.69, 9.17) is 0 Å². The summed E-state index contributed by atoms with van der Waals surface area (Å²) in [7, 11) is -2.75. The van der Waals surface area contributed by atoms with Crippen LogP contribution in [-0.2, 0) is 16.6 Å². The van der Waals surface area contributed by atoms with Gasteiger partial charge in [-0.15, -0.1) is 0 Å². The molecule has 0 saturated carbocycles. The molecule has 1 heterocycles. The number of carbonyl (C=O) groups excluding carboxylic acids is 1. The number of nitrogens with one attached hydrogen (secondary N) is 1. The molecule has 9 heteroatoms. The maximum Gasteiger partial charge on any atom is 0.264 e. The quantitative estimate of drug-likeness (QED) is 0.572. The zero-order valence-electron chi connectivity index (χ0n) is 15.8. The zero-order valence-corrected chi connectivity index (χ0v) is 16.6. The van der Waals surface area contributed by atoms with E-state index in [1.807, 2.05) is 10.8 Å². The monoisotopic (exact) mass is 416 g/mol. The molecule has 0 saturated heterocycles. The molecule has 0 aliphatic rings. The number of halogens is 1. The van der Waals surface area contributed by atoms with Gasteiger partial charge in [-0.3, -0.25) is 9.10 Å². The number of hydrogen-bond acceptors (Lipinski definition) is 4. The molecule has 2 aromatic carbocycles. The van der Waals surface area contributed by atoms with Crippen molar-refractivity contribution in [2.24, 2.45) is 0 Å². The van der Waals surface area contributed by atoms with Crippen LogP contribution in [0.2, 0.25) is 0 Å². The summed E-state index contributed by atoms with van der Waals surface area (Å²) < 4.78 is 42.5. The lowest BCUT2D eigenvalue weighted by Crippen LogP contribution is -2.28. The van der Waals surface area contributed by atoms with Crippen LogP contribution in [-0.4, -0.2) is 37.5 Å². The number of sulfonamides is 1. The van der Waals surface area contributed by atoms with E-state index in [0.717, 1.165) is 4.31 Å². The van der Waals surface area contributed by atoms with Crippen LogP contribution in [0.5, 0.6) is 0 Å². The molecule has 0 radical (unpaired) electrons. The minimum absolute atomic E-state index is 0.0677. The minimum Gasteiger partial charge on any atom is -0.352 e. The molecule has 0 atom stereocenters. The van der Waals surface area contributed by atoms with Crippen LogP contribution >= 0.6 is 0 Å². The molecule has 3 aromatic rings. The fourth-order valence-corrected chi connectivity index (χ4v) is 4.03. The number of aromatic nitrogens is 2. The number of rotatable bonds is 8. The van der Waals surface area contributed by atoms with E-state index in [1.165, 1.54) is 49.5 Å². The summed E-state index contributed by atoms with van der Waals surface area (Å²) in [5.74, 6) is -1.02. The number of imidazole rings is 1. The third-order valence-corrected chi connectivity index (χ3v) is 6.15. The Morgan fingerprint density at radius 1 is 1.21 bits per heavy atom. The molecular formula is C20H21FN4O3S. The lowest BCUT2D eigenvalue weighted by Gasteiger charge is -2.20. The molecule has 3 rings (SSSR count). The van der Waals surface area contributed by atoms with E-state index >= 15 is 0 Å². The molecule has 1 N–H and O–H groups in total. The molecule has 0 aliphatic heterocycles. The summed E-state index contributed by atoms with van der Waals surface area (Å²) in [6.45, 7) is 1.14. The van der Waals surface area contributed by atoms with Crippen LogP contribution in [0, 0.1) is 5.82 Å². The number of para-hydroxylation sites is 1. The van der Waals surface area contributed by atoms with Crippen molar-refractivity contribution in [1.29, 1.82) is 0 Å². The molecule has 152 valence electrons. The molecule has 0 fully saturated rings. The number of amides is 1. The van der Waals surface area contributed by atoms with Crippen LogP contribution in [0.1, 0.15) is 16.8 Å². The first kappa shape index (κ1) is 20.5. The zero-order chi connectivity index (χ0) is 20.9. The third-order valence-electron chi connectivity index (χ3n) is 4.38. The van der Waals surface area contributed by atoms with Crippen molar-refractivity contribution in [1.82, 2.24) is 14.9 Å². The van der Waals surface area contributed by atoms with Crippen LogP contribution in [0.3, 0.4) is 0 Å². The summed E-state index contributed by atoms with van der Waals surface area (Å²) in [5, 5.41) is 2.77. The summed E-state index contributed by atoms with van der Waals surface area (Å²) >= 11 is 0. The Balaban J connectivity index is 1.69. The van der Waals surface area contributed by atoms with Gasteiger partial charge < -0.3 is 9.88 Å². The van der Waals surface area contributed by atoms with E-state index in [0.29, 0.717) is 19.5 Å². The SMILES string of the molecule is CN(c1ccccc1F)S(=O)(=O)c1cccc(C(=O)NCCCn2ccnc2)c1. The fourth-order valence-electron chi connectivity index (χ4n) is 2.78. The molecule has 1 aromatic heterocycles. The average Bonchev–Trinajstić information content (AvgIpc) is 3.24. The Labute approximate surface area is 168 Å². The van der Waals surface area contributed by atoms with Gasteiger partial charge in [0.25, 0.3) is 15.9 Å². The summed E-state index contributed by atoms with van der Waals surface area (Å²) in [6, 6.07) is 11.3. The van der Waals surface area contributed by atoms with Crippen molar-refractivity contribution in [3.8, 4) is 0 Å². The molecular weight excluding hydrogens is 395 g/mol. The Morgan fingerprint density at radius 3 is 2.72 bits per heavy atom. The minimum atomic E-state index is -4.02. The topological polar surface area (TPSA) is 84.3 Å². The molecule has 0 unspecified atom stereocenters. The Bertz CT molecular complexity index is 1080. The maximum absolute atomic E-state index is 14.0. The van der Waals surface area contributed by atoms with E-state index in [9.17, 15) is 17.6 Å². The van der Waals surface area contributed by atoms with Crippen molar-refractivity contribution in [2.45, 2.75) is 17.9 Å². The van der Waals surface area contributed by atoms with Crippen LogP contribution in [0.15, 0.2) is 72.1 Å². The number of aryl methyl sites for hydroxylation is 1. The van der Waals surface area contributed by atoms with Gasteiger partial charge in [-0.2, -0.15) is 0 Å². The standard InChI is InChI=1S/C20H21FN4O3S/c1-24(19-9-3-2-8-18(19)21)29(27,28)17-7-4-6-16(14-17)20(26)23-10-5-12-25-13-11-22-15-25/h2-4,6-9,11,13-15H,5,10,12H2,1H3,(H,23,26). The van der Waals surface area contributed by atoms with Crippen molar-refractivity contribution < 1.29 is 17.6 Å². The van der Waals surface area contributed by atoms with Crippen molar-refractivity contribution in [3.05, 3.63) is 78.6 Å². The van der Waals surface area contributed by atoms with E-state index in [-0.39, 0.29) is 22.1 Å². The highest BCUT2D eigenvalue weighted by molar-refractivity contribution is 7.92. The third kappa shape index (κ3) is 4.80. The van der Waals surface area contributed by atoms with Crippen molar-refractivity contribution >= 4 is 21.6 Å². The smallest absolute Gasteiger partial charge is 0.264 e. The maximum atomic E-state index is 14.0. The largest absolute Gasteiger partial charge is 0.352 e. The molecule has 1 amide bonds. The molecule has 0 spiro atoms. The van der Waals surface area contributed by atoms with Crippen molar-refractivity contribution in [3.63, 3.8) is 0 Å². The molecule has 29 heavy (non-hydrogen) atoms. The fraction of sp³-hybridized carbons (Fsp3) is 0.200. The number of hydrogen-bond donors (Lipinski definition) is 1. The van der Waals surface area contributed by atoms with Gasteiger partial charge in [0.05, 0.1) is 16.9 Å². The van der Waals surface area contributed by atoms with Gasteiger partial charge >= 0.3 is 0 Å². The summed E-state index contributed by atoms with van der Waals surface area (Å²) in [6.07, 6.45) is 5.92. The first-order chi connectivity index (χ1) is 13.9. The molecule has 0 aliphatic carbocycles. The Kier molecular flexibility index (Phi) is 6.28. The lowest BCUT2D eigenvalue weighted by molar-refractivity contribution is 0.0952. The second kappa shape index (κ2) is 8.87. The number of carbonyl (C=O) groups is 1. The summed E-state index contributed by atoms with van der Waals surface area (Å²) in [5.41, 5.74) is 0.150. The number of anilines is 1. The second-order valence-corrected chi connectivity index (χ2v) is 8.33. The average molecular weight is 416 g/mol. The van der Waals surface area contributed by atoms with Gasteiger partial charge in [0.2, 0.25) is 0 Å². The highest BCUT2D eigenvalue weighted by Gasteiger charge is 2.24. The van der Waals surface area contributed by atoms with Crippen LogP contribution in [0.25, 0.3) is 0 Å². The number of nitrogens with zero attached hydrogens (tertiary/aromatic N) is 3.